The van der Waals surface area contributed by atoms with E-state index in [1.165, 1.54) is 0 Å². The molecule has 0 fully saturated rings. The predicted molar refractivity (Wildman–Crippen MR) is 58.4 cm³/mol. The molecule has 0 aromatic rings. The molecule has 92 valence electrons. The molecule has 0 bridgehead atoms. The Balaban J connectivity index is 3.71. The third kappa shape index (κ3) is 6.77. The van der Waals surface area contributed by atoms with Crippen molar-refractivity contribution < 1.29 is 14.4 Å². The summed E-state index contributed by atoms with van der Waals surface area (Å²) in [5.41, 5.74) is 5.14. The van der Waals surface area contributed by atoms with Crippen molar-refractivity contribution in [2.45, 2.75) is 13.3 Å². The Morgan fingerprint density at radius 1 is 1.00 bits per heavy atom. The Hall–Kier alpha value is -1.63. The Morgan fingerprint density at radius 3 is 2.19 bits per heavy atom. The van der Waals surface area contributed by atoms with E-state index in [1.807, 2.05) is 6.92 Å². The molecule has 0 aromatic carbocycles. The van der Waals surface area contributed by atoms with Gasteiger partial charge in [0.2, 0.25) is 5.91 Å². The van der Waals surface area contributed by atoms with E-state index in [4.69, 9.17) is 5.73 Å². The average Bonchev–Trinajstić information content (AvgIpc) is 2.30. The molecule has 0 aliphatic heterocycles. The number of carbonyl (C=O) groups excluding carboxylic acids is 3. The van der Waals surface area contributed by atoms with Crippen LogP contribution in [0.5, 0.6) is 0 Å². The van der Waals surface area contributed by atoms with Crippen LogP contribution in [-0.2, 0) is 14.4 Å². The van der Waals surface area contributed by atoms with Crippen LogP contribution in [0, 0.1) is 0 Å². The van der Waals surface area contributed by atoms with Gasteiger partial charge in [0.1, 0.15) is 0 Å². The molecule has 7 nitrogen and oxygen atoms in total. The van der Waals surface area contributed by atoms with Crippen LogP contribution in [0.15, 0.2) is 0 Å². The highest BCUT2D eigenvalue weighted by molar-refractivity contribution is 6.35. The molecule has 0 aliphatic carbocycles. The Bertz CT molecular complexity index is 255. The maximum Gasteiger partial charge on any atom is 0.309 e. The minimum Gasteiger partial charge on any atom is -0.355 e. The monoisotopic (exact) mass is 230 g/mol. The number of nitrogens with one attached hydrogen (secondary N) is 3. The summed E-state index contributed by atoms with van der Waals surface area (Å²) in [6.07, 6.45) is 0.816. The zero-order valence-corrected chi connectivity index (χ0v) is 9.34. The van der Waals surface area contributed by atoms with Gasteiger partial charge >= 0.3 is 11.8 Å². The molecule has 5 N–H and O–H groups in total. The fourth-order valence-corrected chi connectivity index (χ4v) is 0.834. The van der Waals surface area contributed by atoms with Crippen molar-refractivity contribution >= 4 is 17.7 Å². The zero-order chi connectivity index (χ0) is 12.4. The van der Waals surface area contributed by atoms with E-state index in [9.17, 15) is 14.4 Å². The van der Waals surface area contributed by atoms with Gasteiger partial charge in [0.25, 0.3) is 0 Å². The largest absolute Gasteiger partial charge is 0.355 e. The number of rotatable bonds is 6. The smallest absolute Gasteiger partial charge is 0.309 e. The van der Waals surface area contributed by atoms with Crippen LogP contribution in [0.4, 0.5) is 0 Å². The van der Waals surface area contributed by atoms with Gasteiger partial charge in [-0.1, -0.05) is 6.92 Å². The average molecular weight is 230 g/mol. The minimum absolute atomic E-state index is 0.200. The van der Waals surface area contributed by atoms with E-state index in [0.717, 1.165) is 6.42 Å². The van der Waals surface area contributed by atoms with E-state index in [2.05, 4.69) is 16.0 Å². The number of carbonyl (C=O) groups is 3. The lowest BCUT2D eigenvalue weighted by molar-refractivity contribution is -0.139. The number of hydrogen-bond acceptors (Lipinski definition) is 4. The van der Waals surface area contributed by atoms with E-state index in [0.29, 0.717) is 6.54 Å². The lowest BCUT2D eigenvalue weighted by Gasteiger charge is -2.06. The SMILES string of the molecule is CCCNC(=O)CNC(=O)C(=O)NCCN. The van der Waals surface area contributed by atoms with Crippen LogP contribution in [0.2, 0.25) is 0 Å². The third-order valence-electron chi connectivity index (χ3n) is 1.62. The van der Waals surface area contributed by atoms with Gasteiger partial charge in [0, 0.05) is 19.6 Å². The van der Waals surface area contributed by atoms with Crippen LogP contribution in [0.3, 0.4) is 0 Å². The summed E-state index contributed by atoms with van der Waals surface area (Å²) in [6.45, 7) is 2.76. The highest BCUT2D eigenvalue weighted by Gasteiger charge is 2.12. The fraction of sp³-hybridized carbons (Fsp3) is 0.667. The summed E-state index contributed by atoms with van der Waals surface area (Å²) >= 11 is 0. The first kappa shape index (κ1) is 14.4. The molecule has 0 rings (SSSR count). The summed E-state index contributed by atoms with van der Waals surface area (Å²) in [5, 5.41) is 7.05. The van der Waals surface area contributed by atoms with Gasteiger partial charge in [-0.3, -0.25) is 14.4 Å². The highest BCUT2D eigenvalue weighted by atomic mass is 16.2. The van der Waals surface area contributed by atoms with Gasteiger partial charge in [-0.15, -0.1) is 0 Å². The minimum atomic E-state index is -0.833. The quantitative estimate of drug-likeness (QED) is 0.384. The molecule has 0 aromatic heterocycles. The second kappa shape index (κ2) is 8.66. The van der Waals surface area contributed by atoms with Gasteiger partial charge < -0.3 is 21.7 Å². The van der Waals surface area contributed by atoms with Crippen molar-refractivity contribution in [2.75, 3.05) is 26.2 Å². The first-order chi connectivity index (χ1) is 7.61. The van der Waals surface area contributed by atoms with Gasteiger partial charge in [-0.2, -0.15) is 0 Å². The lowest BCUT2D eigenvalue weighted by atomic mass is 10.4. The van der Waals surface area contributed by atoms with Crippen molar-refractivity contribution in [1.82, 2.24) is 16.0 Å². The second-order valence-electron chi connectivity index (χ2n) is 3.08. The molecule has 0 radical (unpaired) electrons. The summed E-state index contributed by atoms with van der Waals surface area (Å²) in [7, 11) is 0. The number of amides is 3. The first-order valence-electron chi connectivity index (χ1n) is 5.14. The maximum absolute atomic E-state index is 11.1. The maximum atomic E-state index is 11.1. The van der Waals surface area contributed by atoms with Crippen LogP contribution in [0.1, 0.15) is 13.3 Å². The third-order valence-corrected chi connectivity index (χ3v) is 1.62. The van der Waals surface area contributed by atoms with Gasteiger partial charge in [-0.25, -0.2) is 0 Å². The molecule has 0 heterocycles. The van der Waals surface area contributed by atoms with Crippen molar-refractivity contribution in [1.29, 1.82) is 0 Å². The predicted octanol–water partition coefficient (Wildman–Crippen LogP) is -2.30. The second-order valence-corrected chi connectivity index (χ2v) is 3.08. The normalized spacial score (nSPS) is 9.38. The topological polar surface area (TPSA) is 113 Å². The van der Waals surface area contributed by atoms with E-state index in [-0.39, 0.29) is 25.5 Å². The van der Waals surface area contributed by atoms with E-state index >= 15 is 0 Å². The fourth-order valence-electron chi connectivity index (χ4n) is 0.834. The van der Waals surface area contributed by atoms with Crippen LogP contribution >= 0.6 is 0 Å². The molecular formula is C9H18N4O3. The molecule has 16 heavy (non-hydrogen) atoms. The summed E-state index contributed by atoms with van der Waals surface area (Å²) in [4.78, 5) is 33.2. The van der Waals surface area contributed by atoms with Gasteiger partial charge in [0.15, 0.2) is 0 Å². The Morgan fingerprint density at radius 2 is 1.62 bits per heavy atom. The van der Waals surface area contributed by atoms with Crippen LogP contribution < -0.4 is 21.7 Å². The van der Waals surface area contributed by atoms with Crippen LogP contribution in [0.25, 0.3) is 0 Å². The standard InChI is InChI=1S/C9H18N4O3/c1-2-4-11-7(14)6-13-9(16)8(15)12-5-3-10/h2-6,10H2,1H3,(H,11,14)(H,12,15)(H,13,16). The molecule has 0 unspecified atom stereocenters. The van der Waals surface area contributed by atoms with Crippen molar-refractivity contribution in [3.05, 3.63) is 0 Å². The van der Waals surface area contributed by atoms with Crippen molar-refractivity contribution in [3.63, 3.8) is 0 Å². The van der Waals surface area contributed by atoms with Crippen molar-refractivity contribution in [2.24, 2.45) is 5.73 Å². The highest BCUT2D eigenvalue weighted by Crippen LogP contribution is 1.72. The summed E-state index contributed by atoms with van der Waals surface area (Å²) in [6, 6.07) is 0. The summed E-state index contributed by atoms with van der Waals surface area (Å²) < 4.78 is 0. The Labute approximate surface area is 94.1 Å². The van der Waals surface area contributed by atoms with Crippen LogP contribution in [-0.4, -0.2) is 43.9 Å². The first-order valence-corrected chi connectivity index (χ1v) is 5.14. The number of nitrogens with two attached hydrogens (primary N) is 1. The molecule has 3 amide bonds. The molecule has 0 atom stereocenters. The molecule has 0 saturated heterocycles. The van der Waals surface area contributed by atoms with E-state index < -0.39 is 11.8 Å². The molecular weight excluding hydrogens is 212 g/mol. The van der Waals surface area contributed by atoms with E-state index in [1.54, 1.807) is 0 Å². The van der Waals surface area contributed by atoms with Crippen molar-refractivity contribution in [3.8, 4) is 0 Å². The number of hydrogen-bond donors (Lipinski definition) is 4. The van der Waals surface area contributed by atoms with Gasteiger partial charge in [0.05, 0.1) is 6.54 Å². The lowest BCUT2D eigenvalue weighted by Crippen LogP contribution is -2.45. The molecule has 7 heteroatoms. The molecule has 0 saturated carbocycles. The summed E-state index contributed by atoms with van der Waals surface area (Å²) in [5.74, 6) is -1.93. The molecule has 0 spiro atoms. The Kier molecular flexibility index (Phi) is 7.78. The molecule has 0 aliphatic rings. The zero-order valence-electron chi connectivity index (χ0n) is 9.34. The van der Waals surface area contributed by atoms with Gasteiger partial charge in [-0.05, 0) is 6.42 Å².